The third kappa shape index (κ3) is 6.42. The summed E-state index contributed by atoms with van der Waals surface area (Å²) in [6.07, 6.45) is 0. The van der Waals surface area contributed by atoms with E-state index in [9.17, 15) is 13.5 Å². The minimum absolute atomic E-state index is 0.0349. The van der Waals surface area contributed by atoms with Gasteiger partial charge in [-0.1, -0.05) is 72.8 Å². The Hall–Kier alpha value is -4.40. The molecule has 0 aliphatic carbocycles. The highest BCUT2D eigenvalue weighted by Gasteiger charge is 2.20. The van der Waals surface area contributed by atoms with Gasteiger partial charge in [-0.25, -0.2) is 13.4 Å². The number of hydrogen-bond acceptors (Lipinski definition) is 5. The van der Waals surface area contributed by atoms with Gasteiger partial charge < -0.3 is 10.1 Å². The number of benzene rings is 4. The molecule has 0 bridgehead atoms. The van der Waals surface area contributed by atoms with Crippen LogP contribution in [-0.2, 0) is 23.1 Å². The molecule has 40 heavy (non-hydrogen) atoms. The van der Waals surface area contributed by atoms with E-state index in [2.05, 4.69) is 58.1 Å². The summed E-state index contributed by atoms with van der Waals surface area (Å²) in [5.41, 5.74) is 6.18. The molecular formula is C32H32N4O3S. The van der Waals surface area contributed by atoms with Crippen LogP contribution >= 0.6 is 0 Å². The average molecular weight is 553 g/mol. The second-order valence-corrected chi connectivity index (χ2v) is 11.8. The molecule has 0 unspecified atom stereocenters. The third-order valence-electron chi connectivity index (χ3n) is 6.64. The number of H-pyrrole nitrogens is 1. The van der Waals surface area contributed by atoms with Gasteiger partial charge in [0.1, 0.15) is 0 Å². The molecule has 0 fully saturated rings. The summed E-state index contributed by atoms with van der Waals surface area (Å²) in [5.74, 6) is -0.0716. The predicted octanol–water partition coefficient (Wildman–Crippen LogP) is 6.44. The lowest BCUT2D eigenvalue weighted by Crippen LogP contribution is -2.17. The standard InChI is InChI=1S/C32H32N4O3S/c1-3-40(38,39)35-27-18-19-29-28(20-27)30(32(37)34-29)31(25-12-8-5-9-13-25)33-26-16-14-24(15-17-26)22-36(2)21-23-10-6-4-7-11-23/h4-20,34-35,37H,3,21-22H2,1-2H3. The van der Waals surface area contributed by atoms with Crippen LogP contribution in [0.25, 0.3) is 10.9 Å². The molecule has 1 aromatic heterocycles. The fraction of sp³-hybridized carbons (Fsp3) is 0.156. The number of aromatic nitrogens is 1. The van der Waals surface area contributed by atoms with Gasteiger partial charge in [0.05, 0.1) is 22.7 Å². The molecule has 0 amide bonds. The fourth-order valence-electron chi connectivity index (χ4n) is 4.66. The highest BCUT2D eigenvalue weighted by atomic mass is 32.2. The van der Waals surface area contributed by atoms with Crippen LogP contribution in [-0.4, -0.2) is 41.9 Å². The van der Waals surface area contributed by atoms with Crippen LogP contribution in [0.1, 0.15) is 29.2 Å². The zero-order valence-electron chi connectivity index (χ0n) is 22.5. The lowest BCUT2D eigenvalue weighted by atomic mass is 10.0. The largest absolute Gasteiger partial charge is 0.494 e. The minimum atomic E-state index is -3.46. The number of sulfonamides is 1. The molecule has 5 rings (SSSR count). The molecule has 1 heterocycles. The van der Waals surface area contributed by atoms with Crippen LogP contribution in [0, 0.1) is 0 Å². The van der Waals surface area contributed by atoms with Gasteiger partial charge in [0.2, 0.25) is 10.0 Å². The van der Waals surface area contributed by atoms with Crippen molar-refractivity contribution in [3.05, 3.63) is 125 Å². The molecule has 0 radical (unpaired) electrons. The van der Waals surface area contributed by atoms with Gasteiger partial charge in [-0.3, -0.25) is 9.62 Å². The topological polar surface area (TPSA) is 97.8 Å². The van der Waals surface area contributed by atoms with E-state index >= 15 is 0 Å². The molecule has 5 aromatic rings. The van der Waals surface area contributed by atoms with Crippen molar-refractivity contribution in [3.8, 4) is 5.88 Å². The predicted molar refractivity (Wildman–Crippen MR) is 163 cm³/mol. The molecular weight excluding hydrogens is 520 g/mol. The van der Waals surface area contributed by atoms with Gasteiger partial charge in [-0.2, -0.15) is 0 Å². The zero-order valence-corrected chi connectivity index (χ0v) is 23.3. The molecule has 8 heteroatoms. The molecule has 0 spiro atoms. The van der Waals surface area contributed by atoms with E-state index < -0.39 is 10.0 Å². The van der Waals surface area contributed by atoms with Crippen molar-refractivity contribution in [2.24, 2.45) is 4.99 Å². The van der Waals surface area contributed by atoms with Crippen LogP contribution in [0.3, 0.4) is 0 Å². The Morgan fingerprint density at radius 3 is 2.15 bits per heavy atom. The van der Waals surface area contributed by atoms with Crippen molar-refractivity contribution < 1.29 is 13.5 Å². The van der Waals surface area contributed by atoms with Crippen molar-refractivity contribution in [2.75, 3.05) is 17.5 Å². The third-order valence-corrected chi connectivity index (χ3v) is 7.95. The van der Waals surface area contributed by atoms with Crippen LogP contribution in [0.5, 0.6) is 5.88 Å². The van der Waals surface area contributed by atoms with Crippen molar-refractivity contribution in [1.82, 2.24) is 9.88 Å². The van der Waals surface area contributed by atoms with Gasteiger partial charge in [0, 0.05) is 35.2 Å². The van der Waals surface area contributed by atoms with Crippen molar-refractivity contribution in [2.45, 2.75) is 20.0 Å². The summed E-state index contributed by atoms with van der Waals surface area (Å²) >= 11 is 0. The maximum absolute atomic E-state index is 12.2. The number of fused-ring (bicyclic) bond motifs is 1. The van der Waals surface area contributed by atoms with Crippen molar-refractivity contribution >= 4 is 38.0 Å². The molecule has 7 nitrogen and oxygen atoms in total. The maximum Gasteiger partial charge on any atom is 0.232 e. The number of aromatic hydroxyl groups is 1. The van der Waals surface area contributed by atoms with Gasteiger partial charge in [-0.05, 0) is 55.4 Å². The van der Waals surface area contributed by atoms with E-state index in [1.165, 1.54) is 11.1 Å². The van der Waals surface area contributed by atoms with Crippen molar-refractivity contribution in [3.63, 3.8) is 0 Å². The zero-order chi connectivity index (χ0) is 28.1. The highest BCUT2D eigenvalue weighted by molar-refractivity contribution is 7.92. The van der Waals surface area contributed by atoms with E-state index in [0.29, 0.717) is 27.9 Å². The molecule has 4 aromatic carbocycles. The molecule has 0 aliphatic rings. The van der Waals surface area contributed by atoms with Gasteiger partial charge >= 0.3 is 0 Å². The number of aliphatic imine (C=N–C) groups is 1. The van der Waals surface area contributed by atoms with Crippen LogP contribution in [0.2, 0.25) is 0 Å². The Labute approximate surface area is 234 Å². The average Bonchev–Trinajstić information content (AvgIpc) is 3.28. The number of nitrogens with zero attached hydrogens (tertiary/aromatic N) is 2. The second kappa shape index (κ2) is 11.8. The van der Waals surface area contributed by atoms with Crippen LogP contribution < -0.4 is 4.72 Å². The van der Waals surface area contributed by atoms with E-state index in [1.54, 1.807) is 25.1 Å². The Kier molecular flexibility index (Phi) is 8.00. The van der Waals surface area contributed by atoms with E-state index in [0.717, 1.165) is 24.3 Å². The summed E-state index contributed by atoms with van der Waals surface area (Å²) in [5, 5.41) is 11.7. The van der Waals surface area contributed by atoms with E-state index in [1.807, 2.05) is 48.5 Å². The Balaban J connectivity index is 1.49. The van der Waals surface area contributed by atoms with E-state index in [-0.39, 0.29) is 11.6 Å². The first kappa shape index (κ1) is 27.2. The number of anilines is 1. The quantitative estimate of drug-likeness (QED) is 0.174. The smallest absolute Gasteiger partial charge is 0.232 e. The summed E-state index contributed by atoms with van der Waals surface area (Å²) < 4.78 is 27.0. The summed E-state index contributed by atoms with van der Waals surface area (Å²) in [6, 6.07) is 33.2. The Morgan fingerprint density at radius 2 is 1.50 bits per heavy atom. The van der Waals surface area contributed by atoms with Crippen LogP contribution in [0.15, 0.2) is 108 Å². The SMILES string of the molecule is CCS(=O)(=O)Nc1ccc2[nH]c(O)c(C(=Nc3ccc(CN(C)Cc4ccccc4)cc3)c3ccccc3)c2c1. The van der Waals surface area contributed by atoms with Crippen molar-refractivity contribution in [1.29, 1.82) is 0 Å². The Morgan fingerprint density at radius 1 is 0.875 bits per heavy atom. The number of nitrogens with one attached hydrogen (secondary N) is 2. The first-order valence-electron chi connectivity index (χ1n) is 13.1. The molecule has 0 aliphatic heterocycles. The number of rotatable bonds is 10. The maximum atomic E-state index is 12.2. The molecule has 3 N–H and O–H groups in total. The lowest BCUT2D eigenvalue weighted by molar-refractivity contribution is 0.319. The fourth-order valence-corrected chi connectivity index (χ4v) is 5.29. The lowest BCUT2D eigenvalue weighted by Gasteiger charge is -2.17. The van der Waals surface area contributed by atoms with Crippen LogP contribution in [0.4, 0.5) is 11.4 Å². The molecule has 204 valence electrons. The monoisotopic (exact) mass is 552 g/mol. The summed E-state index contributed by atoms with van der Waals surface area (Å²) in [7, 11) is -1.36. The Bertz CT molecular complexity index is 1730. The van der Waals surface area contributed by atoms with E-state index in [4.69, 9.17) is 4.99 Å². The second-order valence-electron chi connectivity index (χ2n) is 9.77. The highest BCUT2D eigenvalue weighted by Crippen LogP contribution is 2.33. The first-order chi connectivity index (χ1) is 19.3. The molecule has 0 atom stereocenters. The molecule has 0 saturated heterocycles. The van der Waals surface area contributed by atoms with Gasteiger partial charge in [0.25, 0.3) is 0 Å². The summed E-state index contributed by atoms with van der Waals surface area (Å²) in [6.45, 7) is 3.24. The minimum Gasteiger partial charge on any atom is -0.494 e. The first-order valence-corrected chi connectivity index (χ1v) is 14.8. The number of aromatic amines is 1. The number of hydrogen-bond donors (Lipinski definition) is 3. The normalized spacial score (nSPS) is 12.2. The summed E-state index contributed by atoms with van der Waals surface area (Å²) in [4.78, 5) is 10.2. The molecule has 0 saturated carbocycles. The van der Waals surface area contributed by atoms with Gasteiger partial charge in [0.15, 0.2) is 5.88 Å². The van der Waals surface area contributed by atoms with Gasteiger partial charge in [-0.15, -0.1) is 0 Å².